The summed E-state index contributed by atoms with van der Waals surface area (Å²) in [6, 6.07) is 13.6. The van der Waals surface area contributed by atoms with Crippen LogP contribution in [0, 0.1) is 6.92 Å². The SMILES string of the molecule is COc1cccc(C(CN)C(O)c2cc(Br)ccc2C)c1. The summed E-state index contributed by atoms with van der Waals surface area (Å²) in [5.74, 6) is 0.595. The van der Waals surface area contributed by atoms with Gasteiger partial charge in [-0.1, -0.05) is 34.1 Å². The van der Waals surface area contributed by atoms with Crippen LogP contribution >= 0.6 is 15.9 Å². The van der Waals surface area contributed by atoms with Crippen LogP contribution in [0.5, 0.6) is 5.75 Å². The van der Waals surface area contributed by atoms with Crippen LogP contribution in [-0.4, -0.2) is 18.8 Å². The minimum absolute atomic E-state index is 0.173. The summed E-state index contributed by atoms with van der Waals surface area (Å²) < 4.78 is 6.20. The minimum atomic E-state index is -0.653. The molecule has 2 unspecified atom stereocenters. The highest BCUT2D eigenvalue weighted by atomic mass is 79.9. The van der Waals surface area contributed by atoms with Gasteiger partial charge in [0.1, 0.15) is 5.75 Å². The molecule has 3 nitrogen and oxygen atoms in total. The number of hydrogen-bond donors (Lipinski definition) is 2. The van der Waals surface area contributed by atoms with E-state index >= 15 is 0 Å². The third-order valence-electron chi connectivity index (χ3n) is 3.72. The Morgan fingerprint density at radius 2 is 2.00 bits per heavy atom. The molecule has 0 saturated heterocycles. The Balaban J connectivity index is 2.37. The summed E-state index contributed by atoms with van der Waals surface area (Å²) in [6.07, 6.45) is -0.653. The Bertz CT molecular complexity index is 615. The summed E-state index contributed by atoms with van der Waals surface area (Å²) in [5, 5.41) is 10.8. The predicted molar refractivity (Wildman–Crippen MR) is 88.6 cm³/mol. The topological polar surface area (TPSA) is 55.5 Å². The van der Waals surface area contributed by atoms with Crippen LogP contribution in [-0.2, 0) is 0 Å². The molecule has 3 N–H and O–H groups in total. The number of benzene rings is 2. The van der Waals surface area contributed by atoms with Crippen molar-refractivity contribution < 1.29 is 9.84 Å². The summed E-state index contributed by atoms with van der Waals surface area (Å²) in [6.45, 7) is 2.35. The predicted octanol–water partition coefficient (Wildman–Crippen LogP) is 3.54. The molecule has 21 heavy (non-hydrogen) atoms. The fourth-order valence-electron chi connectivity index (χ4n) is 2.47. The third-order valence-corrected chi connectivity index (χ3v) is 4.21. The lowest BCUT2D eigenvalue weighted by molar-refractivity contribution is 0.146. The molecule has 2 aromatic carbocycles. The van der Waals surface area contributed by atoms with Crippen LogP contribution in [0.1, 0.15) is 28.7 Å². The van der Waals surface area contributed by atoms with Crippen molar-refractivity contribution in [2.45, 2.75) is 18.9 Å². The highest BCUT2D eigenvalue weighted by Crippen LogP contribution is 2.34. The van der Waals surface area contributed by atoms with Crippen molar-refractivity contribution in [2.75, 3.05) is 13.7 Å². The molecule has 2 atom stereocenters. The number of ether oxygens (including phenoxy) is 1. The monoisotopic (exact) mass is 349 g/mol. The van der Waals surface area contributed by atoms with Crippen molar-refractivity contribution in [3.05, 3.63) is 63.6 Å². The average Bonchev–Trinajstić information content (AvgIpc) is 2.50. The van der Waals surface area contributed by atoms with Crippen molar-refractivity contribution in [2.24, 2.45) is 5.73 Å². The van der Waals surface area contributed by atoms with Gasteiger partial charge in [0.15, 0.2) is 0 Å². The Morgan fingerprint density at radius 3 is 2.67 bits per heavy atom. The van der Waals surface area contributed by atoms with E-state index in [0.717, 1.165) is 26.9 Å². The van der Waals surface area contributed by atoms with Gasteiger partial charge in [-0.15, -0.1) is 0 Å². The molecule has 0 amide bonds. The van der Waals surface area contributed by atoms with E-state index in [2.05, 4.69) is 15.9 Å². The molecule has 0 spiro atoms. The zero-order chi connectivity index (χ0) is 15.4. The molecule has 0 aliphatic rings. The first kappa shape index (κ1) is 16.0. The summed E-state index contributed by atoms with van der Waals surface area (Å²) in [5.41, 5.74) is 8.83. The van der Waals surface area contributed by atoms with Crippen LogP contribution in [0.15, 0.2) is 46.9 Å². The van der Waals surface area contributed by atoms with Gasteiger partial charge < -0.3 is 15.6 Å². The number of methoxy groups -OCH3 is 1. The van der Waals surface area contributed by atoms with E-state index in [4.69, 9.17) is 10.5 Å². The molecule has 112 valence electrons. The zero-order valence-corrected chi connectivity index (χ0v) is 13.8. The smallest absolute Gasteiger partial charge is 0.119 e. The van der Waals surface area contributed by atoms with E-state index in [1.54, 1.807) is 7.11 Å². The van der Waals surface area contributed by atoms with Gasteiger partial charge in [-0.05, 0) is 47.9 Å². The molecule has 0 aromatic heterocycles. The number of nitrogens with two attached hydrogens (primary N) is 1. The highest BCUT2D eigenvalue weighted by Gasteiger charge is 2.23. The average molecular weight is 350 g/mol. The molecule has 0 bridgehead atoms. The number of halogens is 1. The molecule has 0 fully saturated rings. The maximum absolute atomic E-state index is 10.8. The summed E-state index contributed by atoms with van der Waals surface area (Å²) >= 11 is 3.45. The third kappa shape index (κ3) is 3.64. The number of aliphatic hydroxyl groups excluding tert-OH is 1. The molecule has 0 aliphatic heterocycles. The molecular weight excluding hydrogens is 330 g/mol. The lowest BCUT2D eigenvalue weighted by Gasteiger charge is -2.24. The van der Waals surface area contributed by atoms with Crippen molar-refractivity contribution >= 4 is 15.9 Å². The highest BCUT2D eigenvalue weighted by molar-refractivity contribution is 9.10. The van der Waals surface area contributed by atoms with Gasteiger partial charge in [0.25, 0.3) is 0 Å². The number of aliphatic hydroxyl groups is 1. The number of hydrogen-bond acceptors (Lipinski definition) is 3. The van der Waals surface area contributed by atoms with Gasteiger partial charge >= 0.3 is 0 Å². The molecule has 0 saturated carbocycles. The zero-order valence-electron chi connectivity index (χ0n) is 12.2. The molecule has 2 aromatic rings. The van der Waals surface area contributed by atoms with Crippen LogP contribution in [0.2, 0.25) is 0 Å². The van der Waals surface area contributed by atoms with Gasteiger partial charge in [0.05, 0.1) is 13.2 Å². The fourth-order valence-corrected chi connectivity index (χ4v) is 2.84. The lowest BCUT2D eigenvalue weighted by Crippen LogP contribution is -2.20. The van der Waals surface area contributed by atoms with E-state index in [9.17, 15) is 5.11 Å². The van der Waals surface area contributed by atoms with Crippen molar-refractivity contribution in [3.8, 4) is 5.75 Å². The maximum atomic E-state index is 10.8. The van der Waals surface area contributed by atoms with Gasteiger partial charge in [0, 0.05) is 16.9 Å². The van der Waals surface area contributed by atoms with Gasteiger partial charge in [-0.2, -0.15) is 0 Å². The van der Waals surface area contributed by atoms with Gasteiger partial charge in [0.2, 0.25) is 0 Å². The summed E-state index contributed by atoms with van der Waals surface area (Å²) in [7, 11) is 1.63. The number of rotatable bonds is 5. The van der Waals surface area contributed by atoms with Crippen molar-refractivity contribution in [1.29, 1.82) is 0 Å². The second kappa shape index (κ2) is 7.07. The maximum Gasteiger partial charge on any atom is 0.119 e. The lowest BCUT2D eigenvalue weighted by atomic mass is 9.87. The first-order valence-electron chi connectivity index (χ1n) is 6.85. The molecule has 0 aliphatic carbocycles. The van der Waals surface area contributed by atoms with E-state index < -0.39 is 6.10 Å². The Hall–Kier alpha value is -1.36. The van der Waals surface area contributed by atoms with Crippen LogP contribution < -0.4 is 10.5 Å². The van der Waals surface area contributed by atoms with Crippen LogP contribution in [0.25, 0.3) is 0 Å². The standard InChI is InChI=1S/C17H20BrNO2/c1-11-6-7-13(18)9-15(11)17(20)16(10-19)12-4-3-5-14(8-12)21-2/h3-9,16-17,20H,10,19H2,1-2H3. The molecule has 4 heteroatoms. The van der Waals surface area contributed by atoms with Gasteiger partial charge in [-0.3, -0.25) is 0 Å². The number of aryl methyl sites for hydroxylation is 1. The van der Waals surface area contributed by atoms with Crippen molar-refractivity contribution in [1.82, 2.24) is 0 Å². The first-order valence-corrected chi connectivity index (χ1v) is 7.64. The molecular formula is C17H20BrNO2. The molecule has 2 rings (SSSR count). The van der Waals surface area contributed by atoms with Crippen LogP contribution in [0.3, 0.4) is 0 Å². The second-order valence-corrected chi connectivity index (χ2v) is 5.98. The van der Waals surface area contributed by atoms with Crippen molar-refractivity contribution in [3.63, 3.8) is 0 Å². The van der Waals surface area contributed by atoms with Crippen LogP contribution in [0.4, 0.5) is 0 Å². The molecule has 0 heterocycles. The first-order chi connectivity index (χ1) is 10.1. The van der Waals surface area contributed by atoms with E-state index in [1.165, 1.54) is 0 Å². The second-order valence-electron chi connectivity index (χ2n) is 5.06. The Labute approximate surface area is 133 Å². The molecule has 0 radical (unpaired) electrons. The normalized spacial score (nSPS) is 13.8. The van der Waals surface area contributed by atoms with E-state index in [-0.39, 0.29) is 5.92 Å². The van der Waals surface area contributed by atoms with Gasteiger partial charge in [-0.25, -0.2) is 0 Å². The Kier molecular flexibility index (Phi) is 5.39. The quantitative estimate of drug-likeness (QED) is 0.867. The Morgan fingerprint density at radius 1 is 1.24 bits per heavy atom. The largest absolute Gasteiger partial charge is 0.497 e. The minimum Gasteiger partial charge on any atom is -0.497 e. The van der Waals surface area contributed by atoms with E-state index in [0.29, 0.717) is 6.54 Å². The van der Waals surface area contributed by atoms with E-state index in [1.807, 2.05) is 49.4 Å². The summed E-state index contributed by atoms with van der Waals surface area (Å²) in [4.78, 5) is 0. The fraction of sp³-hybridized carbons (Fsp3) is 0.294.